The van der Waals surface area contributed by atoms with E-state index in [2.05, 4.69) is 25.1 Å². The summed E-state index contributed by atoms with van der Waals surface area (Å²) in [6.45, 7) is 4.92. The van der Waals surface area contributed by atoms with Crippen LogP contribution in [0.25, 0.3) is 5.78 Å². The molecular weight excluding hydrogens is 367 g/mol. The average molecular weight is 387 g/mol. The Hall–Kier alpha value is -2.72. The first-order chi connectivity index (χ1) is 12.5. The molecule has 2 heterocycles. The van der Waals surface area contributed by atoms with Crippen molar-refractivity contribution in [3.63, 3.8) is 0 Å². The zero-order chi connectivity index (χ0) is 20.4. The van der Waals surface area contributed by atoms with Crippen molar-refractivity contribution in [2.24, 2.45) is 0 Å². The van der Waals surface area contributed by atoms with Crippen LogP contribution in [-0.4, -0.2) is 44.6 Å². The van der Waals surface area contributed by atoms with Gasteiger partial charge in [0.1, 0.15) is 0 Å². The largest absolute Gasteiger partial charge is 0.469 e. The van der Waals surface area contributed by atoms with E-state index in [1.807, 2.05) is 0 Å². The molecule has 0 spiro atoms. The van der Waals surface area contributed by atoms with Gasteiger partial charge in [-0.25, -0.2) is 9.50 Å². The number of methoxy groups -OCH3 is 1. The third kappa shape index (κ3) is 4.92. The maximum absolute atomic E-state index is 12.8. The molecule has 1 atom stereocenters. The minimum absolute atomic E-state index is 0.0486. The summed E-state index contributed by atoms with van der Waals surface area (Å²) in [4.78, 5) is 30.7. The van der Waals surface area contributed by atoms with Crippen molar-refractivity contribution in [3.05, 3.63) is 22.8 Å². The zero-order valence-electron chi connectivity index (χ0n) is 15.3. The van der Waals surface area contributed by atoms with Crippen LogP contribution in [-0.2, 0) is 26.9 Å². The molecule has 0 aliphatic carbocycles. The van der Waals surface area contributed by atoms with Crippen LogP contribution < -0.4 is 5.32 Å². The van der Waals surface area contributed by atoms with Crippen LogP contribution in [0.4, 0.5) is 13.2 Å². The molecule has 148 valence electrons. The van der Waals surface area contributed by atoms with Gasteiger partial charge in [0, 0.05) is 23.9 Å². The van der Waals surface area contributed by atoms with Gasteiger partial charge in [-0.1, -0.05) is 0 Å². The second-order valence-corrected chi connectivity index (χ2v) is 6.15. The Bertz CT molecular complexity index is 863. The number of fused-ring (bicyclic) bond motifs is 1. The molecular formula is C16H20F3N5O3. The number of hydrogen-bond acceptors (Lipinski definition) is 6. The first kappa shape index (κ1) is 20.6. The Morgan fingerprint density at radius 2 is 1.93 bits per heavy atom. The highest BCUT2D eigenvalue weighted by Crippen LogP contribution is 2.27. The van der Waals surface area contributed by atoms with Crippen molar-refractivity contribution >= 4 is 17.7 Å². The molecule has 8 nitrogen and oxygen atoms in total. The molecule has 2 aromatic heterocycles. The van der Waals surface area contributed by atoms with Crippen molar-refractivity contribution in [3.8, 4) is 0 Å². The Labute approximate surface area is 153 Å². The molecule has 0 radical (unpaired) electrons. The number of nitrogens with one attached hydrogen (secondary N) is 1. The number of carbonyl (C=O) groups excluding carboxylic acids is 2. The van der Waals surface area contributed by atoms with E-state index in [9.17, 15) is 22.8 Å². The molecule has 1 amide bonds. The number of rotatable bonds is 6. The maximum atomic E-state index is 12.8. The van der Waals surface area contributed by atoms with Gasteiger partial charge in [0.2, 0.25) is 5.91 Å². The average Bonchev–Trinajstić information content (AvgIpc) is 2.98. The predicted octanol–water partition coefficient (Wildman–Crippen LogP) is 1.76. The molecule has 0 aliphatic heterocycles. The van der Waals surface area contributed by atoms with Crippen molar-refractivity contribution in [1.29, 1.82) is 0 Å². The first-order valence-corrected chi connectivity index (χ1v) is 8.19. The van der Waals surface area contributed by atoms with E-state index in [0.29, 0.717) is 17.0 Å². The number of aromatic nitrogens is 4. The monoisotopic (exact) mass is 387 g/mol. The Morgan fingerprint density at radius 3 is 2.52 bits per heavy atom. The molecule has 27 heavy (non-hydrogen) atoms. The smallest absolute Gasteiger partial charge is 0.453 e. The number of carbonyl (C=O) groups is 2. The third-order valence-electron chi connectivity index (χ3n) is 4.01. The molecule has 0 bridgehead atoms. The zero-order valence-corrected chi connectivity index (χ0v) is 15.3. The highest BCUT2D eigenvalue weighted by Gasteiger charge is 2.36. The summed E-state index contributed by atoms with van der Waals surface area (Å²) in [5, 5.41) is 6.14. The maximum Gasteiger partial charge on any atom is 0.453 e. The van der Waals surface area contributed by atoms with Crippen LogP contribution in [0, 0.1) is 13.8 Å². The van der Waals surface area contributed by atoms with Crippen LogP contribution in [0.3, 0.4) is 0 Å². The fraction of sp³-hybridized carbons (Fsp3) is 0.562. The lowest BCUT2D eigenvalue weighted by molar-refractivity contribution is -0.145. The molecule has 0 aliphatic rings. The van der Waals surface area contributed by atoms with Crippen LogP contribution in [0.1, 0.15) is 42.5 Å². The number of aryl methyl sites for hydroxylation is 2. The van der Waals surface area contributed by atoms with E-state index >= 15 is 0 Å². The topological polar surface area (TPSA) is 98.5 Å². The fourth-order valence-electron chi connectivity index (χ4n) is 2.66. The van der Waals surface area contributed by atoms with Crippen molar-refractivity contribution < 1.29 is 27.5 Å². The lowest BCUT2D eigenvalue weighted by atomic mass is 10.1. The number of esters is 1. The minimum atomic E-state index is -4.66. The van der Waals surface area contributed by atoms with Crippen LogP contribution in [0.2, 0.25) is 0 Å². The number of halogens is 3. The Kier molecular flexibility index (Phi) is 6.01. The molecule has 0 saturated carbocycles. The SMILES string of the molecule is COC(=O)CC(C)NC(=O)CCc1c(C)nc2nc(C(F)(F)F)nn2c1C. The van der Waals surface area contributed by atoms with Gasteiger partial charge in [-0.2, -0.15) is 18.2 Å². The van der Waals surface area contributed by atoms with Gasteiger partial charge in [-0.15, -0.1) is 5.10 Å². The highest BCUT2D eigenvalue weighted by atomic mass is 19.4. The molecule has 2 rings (SSSR count). The summed E-state index contributed by atoms with van der Waals surface area (Å²) in [6, 6.07) is -0.391. The van der Waals surface area contributed by atoms with E-state index in [-0.39, 0.29) is 30.9 Å². The number of alkyl halides is 3. The van der Waals surface area contributed by atoms with E-state index in [1.165, 1.54) is 7.11 Å². The normalized spacial score (nSPS) is 12.9. The van der Waals surface area contributed by atoms with Gasteiger partial charge >= 0.3 is 12.1 Å². The predicted molar refractivity (Wildman–Crippen MR) is 87.8 cm³/mol. The van der Waals surface area contributed by atoms with Crippen LogP contribution in [0.15, 0.2) is 0 Å². The van der Waals surface area contributed by atoms with Crippen molar-refractivity contribution in [2.75, 3.05) is 7.11 Å². The summed E-state index contributed by atoms with van der Waals surface area (Å²) < 4.78 is 44.0. The molecule has 2 aromatic rings. The molecule has 0 fully saturated rings. The molecule has 0 saturated heterocycles. The third-order valence-corrected chi connectivity index (χ3v) is 4.01. The first-order valence-electron chi connectivity index (χ1n) is 8.19. The molecule has 11 heteroatoms. The van der Waals surface area contributed by atoms with E-state index < -0.39 is 24.0 Å². The molecule has 1 N–H and O–H groups in total. The Morgan fingerprint density at radius 1 is 1.26 bits per heavy atom. The number of ether oxygens (including phenoxy) is 1. The van der Waals surface area contributed by atoms with Gasteiger partial charge in [-0.05, 0) is 32.8 Å². The summed E-state index contributed by atoms with van der Waals surface area (Å²) >= 11 is 0. The van der Waals surface area contributed by atoms with Gasteiger partial charge < -0.3 is 10.1 Å². The van der Waals surface area contributed by atoms with Gasteiger partial charge in [0.05, 0.1) is 13.5 Å². The molecule has 1 unspecified atom stereocenters. The van der Waals surface area contributed by atoms with E-state index in [4.69, 9.17) is 0 Å². The fourth-order valence-corrected chi connectivity index (χ4v) is 2.66. The van der Waals surface area contributed by atoms with Crippen molar-refractivity contribution in [1.82, 2.24) is 24.9 Å². The van der Waals surface area contributed by atoms with Gasteiger partial charge in [0.25, 0.3) is 11.6 Å². The summed E-state index contributed by atoms with van der Waals surface area (Å²) in [5.41, 5.74) is 1.55. The molecule has 0 aromatic carbocycles. The van der Waals surface area contributed by atoms with Crippen LogP contribution >= 0.6 is 0 Å². The minimum Gasteiger partial charge on any atom is -0.469 e. The summed E-state index contributed by atoms with van der Waals surface area (Å²) in [5.74, 6) is -2.13. The van der Waals surface area contributed by atoms with E-state index in [0.717, 1.165) is 4.52 Å². The Balaban J connectivity index is 2.12. The number of hydrogen-bond donors (Lipinski definition) is 1. The summed E-state index contributed by atoms with van der Waals surface area (Å²) in [6.07, 6.45) is -4.27. The number of amides is 1. The summed E-state index contributed by atoms with van der Waals surface area (Å²) in [7, 11) is 1.26. The second-order valence-electron chi connectivity index (χ2n) is 6.15. The number of nitrogens with zero attached hydrogens (tertiary/aromatic N) is 4. The van der Waals surface area contributed by atoms with Gasteiger partial charge in [-0.3, -0.25) is 9.59 Å². The quantitative estimate of drug-likeness (QED) is 0.759. The second kappa shape index (κ2) is 7.89. The van der Waals surface area contributed by atoms with E-state index in [1.54, 1.807) is 20.8 Å². The lowest BCUT2D eigenvalue weighted by Crippen LogP contribution is -2.34. The van der Waals surface area contributed by atoms with Crippen molar-refractivity contribution in [2.45, 2.75) is 52.3 Å². The standard InChI is InChI=1S/C16H20F3N5O3/c1-8(7-13(26)27-4)20-12(25)6-5-11-9(2)21-15-22-14(16(17,18)19)23-24(15)10(11)3/h8H,5-7H2,1-4H3,(H,20,25). The lowest BCUT2D eigenvalue weighted by Gasteiger charge is -2.14. The van der Waals surface area contributed by atoms with Crippen LogP contribution in [0.5, 0.6) is 0 Å². The van der Waals surface area contributed by atoms with Gasteiger partial charge in [0.15, 0.2) is 0 Å². The highest BCUT2D eigenvalue weighted by molar-refractivity contribution is 5.78.